The first kappa shape index (κ1) is 14.8. The van der Waals surface area contributed by atoms with Gasteiger partial charge in [-0.3, -0.25) is 4.18 Å². The van der Waals surface area contributed by atoms with Gasteiger partial charge in [-0.15, -0.1) is 0 Å². The molecule has 1 saturated carbocycles. The van der Waals surface area contributed by atoms with Crippen molar-refractivity contribution in [1.29, 1.82) is 0 Å². The lowest BCUT2D eigenvalue weighted by atomic mass is 9.75. The fourth-order valence-electron chi connectivity index (χ4n) is 3.07. The smallest absolute Gasteiger partial charge is 0.266 e. The van der Waals surface area contributed by atoms with Crippen molar-refractivity contribution in [2.75, 3.05) is 0 Å². The molecule has 0 heterocycles. The molecule has 2 aliphatic carbocycles. The van der Waals surface area contributed by atoms with Crippen LogP contribution in [0, 0.1) is 17.8 Å². The number of rotatable bonds is 4. The third kappa shape index (κ3) is 3.48. The molecule has 3 atom stereocenters. The summed E-state index contributed by atoms with van der Waals surface area (Å²) >= 11 is 0. The molecule has 2 aliphatic rings. The molecule has 0 aromatic carbocycles. The highest BCUT2D eigenvalue weighted by Crippen LogP contribution is 2.36. The Labute approximate surface area is 116 Å². The van der Waals surface area contributed by atoms with Crippen LogP contribution in [0.4, 0.5) is 0 Å². The molecule has 0 N–H and O–H groups in total. The van der Waals surface area contributed by atoms with Crippen molar-refractivity contribution < 1.29 is 12.6 Å². The van der Waals surface area contributed by atoms with Crippen LogP contribution in [0.3, 0.4) is 0 Å². The summed E-state index contributed by atoms with van der Waals surface area (Å²) in [7, 11) is -3.52. The van der Waals surface area contributed by atoms with E-state index >= 15 is 0 Å². The van der Waals surface area contributed by atoms with Crippen LogP contribution < -0.4 is 0 Å². The van der Waals surface area contributed by atoms with Gasteiger partial charge in [0.15, 0.2) is 0 Å². The van der Waals surface area contributed by atoms with Gasteiger partial charge in [0.05, 0.1) is 6.10 Å². The molecule has 1 fully saturated rings. The van der Waals surface area contributed by atoms with E-state index in [0.717, 1.165) is 12.8 Å². The van der Waals surface area contributed by atoms with E-state index in [4.69, 9.17) is 4.18 Å². The SMILES string of the molecule is CC(C)[C@H]1CC[C@H](C)C[C@@H]1OS(=O)(=O)C1C=CC=C1. The van der Waals surface area contributed by atoms with Crippen molar-refractivity contribution in [3.63, 3.8) is 0 Å². The van der Waals surface area contributed by atoms with Crippen LogP contribution in [0.25, 0.3) is 0 Å². The number of hydrogen-bond acceptors (Lipinski definition) is 3. The van der Waals surface area contributed by atoms with Crippen LogP contribution in [0.2, 0.25) is 0 Å². The molecular formula is C15H24O3S. The summed E-state index contributed by atoms with van der Waals surface area (Å²) < 4.78 is 30.1. The Morgan fingerprint density at radius 3 is 2.37 bits per heavy atom. The molecule has 4 heteroatoms. The van der Waals surface area contributed by atoms with Crippen LogP contribution in [-0.4, -0.2) is 19.8 Å². The summed E-state index contributed by atoms with van der Waals surface area (Å²) in [5.74, 6) is 1.35. The zero-order valence-electron chi connectivity index (χ0n) is 12.0. The molecule has 0 unspecified atom stereocenters. The molecule has 2 rings (SSSR count). The summed E-state index contributed by atoms with van der Waals surface area (Å²) in [5, 5.41) is -0.599. The predicted molar refractivity (Wildman–Crippen MR) is 77.2 cm³/mol. The molecule has 3 nitrogen and oxygen atoms in total. The first-order valence-corrected chi connectivity index (χ1v) is 8.64. The lowest BCUT2D eigenvalue weighted by Gasteiger charge is -2.36. The standard InChI is InChI=1S/C15H24O3S/c1-11(2)14-9-8-12(3)10-15(14)18-19(16,17)13-6-4-5-7-13/h4-7,11-15H,8-10H2,1-3H3/t12-,14+,15-/m0/s1. The van der Waals surface area contributed by atoms with Crippen LogP contribution in [0.15, 0.2) is 24.3 Å². The molecule has 19 heavy (non-hydrogen) atoms. The molecule has 0 aromatic rings. The highest BCUT2D eigenvalue weighted by atomic mass is 32.2. The van der Waals surface area contributed by atoms with Crippen molar-refractivity contribution in [2.45, 2.75) is 51.4 Å². The summed E-state index contributed by atoms with van der Waals surface area (Å²) in [6, 6.07) is 0. The highest BCUT2D eigenvalue weighted by molar-refractivity contribution is 7.87. The van der Waals surface area contributed by atoms with E-state index in [-0.39, 0.29) is 6.10 Å². The zero-order valence-corrected chi connectivity index (χ0v) is 12.8. The minimum absolute atomic E-state index is 0.156. The minimum Gasteiger partial charge on any atom is -0.266 e. The fourth-order valence-corrected chi connectivity index (χ4v) is 4.33. The Bertz CT molecular complexity index is 450. The second-order valence-corrected chi connectivity index (χ2v) is 7.91. The monoisotopic (exact) mass is 284 g/mol. The van der Waals surface area contributed by atoms with E-state index in [1.807, 2.05) is 0 Å². The van der Waals surface area contributed by atoms with Crippen molar-refractivity contribution in [3.8, 4) is 0 Å². The van der Waals surface area contributed by atoms with E-state index in [0.29, 0.717) is 17.8 Å². The lowest BCUT2D eigenvalue weighted by molar-refractivity contribution is 0.0509. The van der Waals surface area contributed by atoms with Crippen LogP contribution in [0.1, 0.15) is 40.0 Å². The minimum atomic E-state index is -3.52. The Balaban J connectivity index is 2.10. The van der Waals surface area contributed by atoms with Crippen LogP contribution >= 0.6 is 0 Å². The normalized spacial score (nSPS) is 32.3. The molecule has 0 aromatic heterocycles. The maximum atomic E-state index is 12.3. The third-order valence-electron chi connectivity index (χ3n) is 4.27. The molecular weight excluding hydrogens is 260 g/mol. The van der Waals surface area contributed by atoms with Crippen molar-refractivity contribution in [3.05, 3.63) is 24.3 Å². The summed E-state index contributed by atoms with van der Waals surface area (Å²) in [5.41, 5.74) is 0. The van der Waals surface area contributed by atoms with Gasteiger partial charge in [-0.05, 0) is 30.6 Å². The van der Waals surface area contributed by atoms with Crippen molar-refractivity contribution in [1.82, 2.24) is 0 Å². The number of allylic oxidation sites excluding steroid dienone is 2. The van der Waals surface area contributed by atoms with Gasteiger partial charge in [0.2, 0.25) is 0 Å². The highest BCUT2D eigenvalue weighted by Gasteiger charge is 2.36. The van der Waals surface area contributed by atoms with Gasteiger partial charge in [0.25, 0.3) is 10.1 Å². The largest absolute Gasteiger partial charge is 0.277 e. The first-order chi connectivity index (χ1) is 8.90. The van der Waals surface area contributed by atoms with Gasteiger partial charge in [-0.25, -0.2) is 0 Å². The van der Waals surface area contributed by atoms with Gasteiger partial charge in [-0.1, -0.05) is 51.5 Å². The van der Waals surface area contributed by atoms with Crippen LogP contribution in [0.5, 0.6) is 0 Å². The molecule has 0 saturated heterocycles. The molecule has 0 spiro atoms. The maximum Gasteiger partial charge on any atom is 0.277 e. The van der Waals surface area contributed by atoms with E-state index in [2.05, 4.69) is 20.8 Å². The third-order valence-corrected chi connectivity index (χ3v) is 5.76. The number of hydrogen-bond donors (Lipinski definition) is 0. The van der Waals surface area contributed by atoms with Gasteiger partial charge >= 0.3 is 0 Å². The van der Waals surface area contributed by atoms with Crippen molar-refractivity contribution >= 4 is 10.1 Å². The zero-order chi connectivity index (χ0) is 14.0. The quantitative estimate of drug-likeness (QED) is 0.744. The Morgan fingerprint density at radius 2 is 1.79 bits per heavy atom. The summed E-state index contributed by atoms with van der Waals surface area (Å²) in [6.07, 6.45) is 9.79. The fraction of sp³-hybridized carbons (Fsp3) is 0.733. The van der Waals surface area contributed by atoms with Crippen molar-refractivity contribution in [2.24, 2.45) is 17.8 Å². The predicted octanol–water partition coefficient (Wildman–Crippen LogP) is 3.29. The molecule has 108 valence electrons. The molecule has 0 radical (unpaired) electrons. The van der Waals surface area contributed by atoms with Gasteiger partial charge < -0.3 is 0 Å². The first-order valence-electron chi connectivity index (χ1n) is 7.17. The van der Waals surface area contributed by atoms with Gasteiger partial charge in [0, 0.05) is 0 Å². The molecule has 0 bridgehead atoms. The Kier molecular flexibility index (Phi) is 4.51. The Hall–Kier alpha value is -0.610. The molecule has 0 amide bonds. The topological polar surface area (TPSA) is 43.4 Å². The van der Waals surface area contributed by atoms with E-state index in [1.54, 1.807) is 24.3 Å². The van der Waals surface area contributed by atoms with Crippen LogP contribution in [-0.2, 0) is 14.3 Å². The Morgan fingerprint density at radius 1 is 1.16 bits per heavy atom. The van der Waals surface area contributed by atoms with E-state index < -0.39 is 15.4 Å². The maximum absolute atomic E-state index is 12.3. The second kappa shape index (κ2) is 5.80. The second-order valence-electron chi connectivity index (χ2n) is 6.19. The lowest BCUT2D eigenvalue weighted by Crippen LogP contribution is -2.37. The summed E-state index contributed by atoms with van der Waals surface area (Å²) in [4.78, 5) is 0. The average Bonchev–Trinajstić information content (AvgIpc) is 2.81. The summed E-state index contributed by atoms with van der Waals surface area (Å²) in [6.45, 7) is 6.48. The molecule has 0 aliphatic heterocycles. The van der Waals surface area contributed by atoms with E-state index in [1.165, 1.54) is 6.42 Å². The van der Waals surface area contributed by atoms with Gasteiger partial charge in [-0.2, -0.15) is 8.42 Å². The van der Waals surface area contributed by atoms with E-state index in [9.17, 15) is 8.42 Å². The van der Waals surface area contributed by atoms with Gasteiger partial charge in [0.1, 0.15) is 5.25 Å². The average molecular weight is 284 g/mol.